The van der Waals surface area contributed by atoms with E-state index in [4.69, 9.17) is 18.9 Å². The lowest BCUT2D eigenvalue weighted by Crippen LogP contribution is -2.30. The normalized spacial score (nSPS) is 30.9. The molecule has 2 atom stereocenters. The predicted molar refractivity (Wildman–Crippen MR) is 72.4 cm³/mol. The summed E-state index contributed by atoms with van der Waals surface area (Å²) in [5, 5.41) is 2.58. The smallest absolute Gasteiger partial charge is 0.407 e. The van der Waals surface area contributed by atoms with E-state index in [0.29, 0.717) is 13.2 Å². The van der Waals surface area contributed by atoms with Gasteiger partial charge in [0.1, 0.15) is 6.61 Å². The first-order chi connectivity index (χ1) is 9.79. The van der Waals surface area contributed by atoms with Crippen molar-refractivity contribution in [3.63, 3.8) is 0 Å². The molecule has 2 aliphatic rings. The van der Waals surface area contributed by atoms with E-state index in [9.17, 15) is 4.79 Å². The van der Waals surface area contributed by atoms with Crippen LogP contribution in [0.4, 0.5) is 4.79 Å². The Labute approximate surface area is 119 Å². The molecule has 1 saturated heterocycles. The molecule has 6 nitrogen and oxygen atoms in total. The van der Waals surface area contributed by atoms with Crippen LogP contribution >= 0.6 is 0 Å². The minimum absolute atomic E-state index is 0.116. The molecule has 0 aromatic rings. The number of alkyl carbamates (subject to hydrolysis) is 1. The van der Waals surface area contributed by atoms with Crippen molar-refractivity contribution in [3.05, 3.63) is 12.2 Å². The van der Waals surface area contributed by atoms with Crippen LogP contribution in [0.5, 0.6) is 0 Å². The van der Waals surface area contributed by atoms with E-state index < -0.39 is 12.4 Å². The summed E-state index contributed by atoms with van der Waals surface area (Å²) in [6, 6.07) is 0. The van der Waals surface area contributed by atoms with Crippen LogP contribution in [0.2, 0.25) is 0 Å². The lowest BCUT2D eigenvalue weighted by atomic mass is 10.0. The summed E-state index contributed by atoms with van der Waals surface area (Å²) in [5.41, 5.74) is 0. The quantitative estimate of drug-likeness (QED) is 0.614. The van der Waals surface area contributed by atoms with E-state index in [2.05, 4.69) is 17.5 Å². The van der Waals surface area contributed by atoms with Gasteiger partial charge in [-0.15, -0.1) is 0 Å². The molecule has 1 aliphatic carbocycles. The summed E-state index contributed by atoms with van der Waals surface area (Å²) < 4.78 is 21.5. The van der Waals surface area contributed by atoms with Crippen LogP contribution in [0.3, 0.4) is 0 Å². The molecule has 1 fully saturated rings. The van der Waals surface area contributed by atoms with Gasteiger partial charge in [0.2, 0.25) is 0 Å². The Hall–Kier alpha value is -1.11. The average molecular weight is 285 g/mol. The first-order valence-electron chi connectivity index (χ1n) is 7.15. The van der Waals surface area contributed by atoms with Crippen LogP contribution in [0, 0.1) is 0 Å². The number of hydrogen-bond donors (Lipinski definition) is 1. The second-order valence-electron chi connectivity index (χ2n) is 4.92. The lowest BCUT2D eigenvalue weighted by molar-refractivity contribution is -0.0977. The van der Waals surface area contributed by atoms with Crippen LogP contribution < -0.4 is 5.32 Å². The molecule has 6 heteroatoms. The highest BCUT2D eigenvalue weighted by atomic mass is 16.7. The van der Waals surface area contributed by atoms with Crippen LogP contribution in [0.25, 0.3) is 0 Å². The van der Waals surface area contributed by atoms with E-state index in [1.807, 2.05) is 0 Å². The number of ether oxygens (including phenoxy) is 4. The van der Waals surface area contributed by atoms with Gasteiger partial charge >= 0.3 is 6.09 Å². The van der Waals surface area contributed by atoms with E-state index in [-0.39, 0.29) is 18.8 Å². The van der Waals surface area contributed by atoms with Crippen molar-refractivity contribution in [2.45, 2.75) is 44.2 Å². The first kappa shape index (κ1) is 15.3. The SMILES string of the molecule is COCCNC(=O)OCC1OC2CC/C=C/CCC2O1. The van der Waals surface area contributed by atoms with Gasteiger partial charge in [0, 0.05) is 13.7 Å². The third-order valence-corrected chi connectivity index (χ3v) is 3.40. The van der Waals surface area contributed by atoms with Gasteiger partial charge < -0.3 is 24.3 Å². The van der Waals surface area contributed by atoms with Gasteiger partial charge in [0.15, 0.2) is 6.29 Å². The predicted octanol–water partition coefficient (Wildman–Crippen LogP) is 1.60. The maximum atomic E-state index is 11.4. The van der Waals surface area contributed by atoms with Crippen molar-refractivity contribution >= 4 is 6.09 Å². The molecule has 1 N–H and O–H groups in total. The van der Waals surface area contributed by atoms with E-state index in [0.717, 1.165) is 25.7 Å². The zero-order valence-electron chi connectivity index (χ0n) is 11.9. The van der Waals surface area contributed by atoms with Crippen molar-refractivity contribution in [1.82, 2.24) is 5.32 Å². The van der Waals surface area contributed by atoms with Crippen LogP contribution in [0.15, 0.2) is 12.2 Å². The molecule has 0 aromatic heterocycles. The van der Waals surface area contributed by atoms with Gasteiger partial charge in [-0.3, -0.25) is 0 Å². The first-order valence-corrected chi connectivity index (χ1v) is 7.15. The molecule has 2 rings (SSSR count). The number of rotatable bonds is 5. The van der Waals surface area contributed by atoms with Gasteiger partial charge in [-0.25, -0.2) is 4.79 Å². The lowest BCUT2D eigenvalue weighted by Gasteiger charge is -2.16. The second kappa shape index (κ2) is 8.24. The summed E-state index contributed by atoms with van der Waals surface area (Å²) in [6.45, 7) is 1.01. The molecule has 0 radical (unpaired) electrons. The fraction of sp³-hybridized carbons (Fsp3) is 0.786. The van der Waals surface area contributed by atoms with Gasteiger partial charge in [-0.1, -0.05) is 12.2 Å². The Morgan fingerprint density at radius 1 is 1.25 bits per heavy atom. The molecule has 0 aromatic carbocycles. The molecule has 1 amide bonds. The summed E-state index contributed by atoms with van der Waals surface area (Å²) in [7, 11) is 1.58. The van der Waals surface area contributed by atoms with Crippen molar-refractivity contribution < 1.29 is 23.7 Å². The summed E-state index contributed by atoms with van der Waals surface area (Å²) >= 11 is 0. The zero-order valence-corrected chi connectivity index (χ0v) is 11.9. The number of amides is 1. The summed E-state index contributed by atoms with van der Waals surface area (Å²) in [5.74, 6) is 0. The number of methoxy groups -OCH3 is 1. The van der Waals surface area contributed by atoms with Crippen LogP contribution in [-0.4, -0.2) is 51.5 Å². The van der Waals surface area contributed by atoms with Gasteiger partial charge in [-0.05, 0) is 25.7 Å². The van der Waals surface area contributed by atoms with E-state index in [1.165, 1.54) is 0 Å². The Morgan fingerprint density at radius 2 is 1.90 bits per heavy atom. The van der Waals surface area contributed by atoms with Gasteiger partial charge in [0.05, 0.1) is 18.8 Å². The van der Waals surface area contributed by atoms with Gasteiger partial charge in [0.25, 0.3) is 0 Å². The van der Waals surface area contributed by atoms with E-state index in [1.54, 1.807) is 7.11 Å². The fourth-order valence-corrected chi connectivity index (χ4v) is 2.39. The Morgan fingerprint density at radius 3 is 2.50 bits per heavy atom. The molecule has 0 bridgehead atoms. The van der Waals surface area contributed by atoms with Gasteiger partial charge in [-0.2, -0.15) is 0 Å². The number of allylic oxidation sites excluding steroid dienone is 2. The number of fused-ring (bicyclic) bond motifs is 1. The van der Waals surface area contributed by atoms with Crippen molar-refractivity contribution in [3.8, 4) is 0 Å². The van der Waals surface area contributed by atoms with Crippen molar-refractivity contribution in [2.24, 2.45) is 0 Å². The molecule has 1 aliphatic heterocycles. The second-order valence-corrected chi connectivity index (χ2v) is 4.92. The topological polar surface area (TPSA) is 66.0 Å². The van der Waals surface area contributed by atoms with E-state index >= 15 is 0 Å². The molecule has 20 heavy (non-hydrogen) atoms. The maximum absolute atomic E-state index is 11.4. The number of hydrogen-bond acceptors (Lipinski definition) is 5. The number of carbonyl (C=O) groups is 1. The third-order valence-electron chi connectivity index (χ3n) is 3.40. The Balaban J connectivity index is 1.66. The monoisotopic (exact) mass is 285 g/mol. The minimum atomic E-state index is -0.472. The number of nitrogens with one attached hydrogen (secondary N) is 1. The zero-order chi connectivity index (χ0) is 14.2. The summed E-state index contributed by atoms with van der Waals surface area (Å²) in [6.07, 6.45) is 7.62. The molecular weight excluding hydrogens is 262 g/mol. The third kappa shape index (κ3) is 4.77. The highest BCUT2D eigenvalue weighted by Gasteiger charge is 2.35. The Bertz CT molecular complexity index is 316. The fourth-order valence-electron chi connectivity index (χ4n) is 2.39. The van der Waals surface area contributed by atoms with Crippen molar-refractivity contribution in [1.29, 1.82) is 0 Å². The minimum Gasteiger partial charge on any atom is -0.444 e. The molecule has 114 valence electrons. The summed E-state index contributed by atoms with van der Waals surface area (Å²) in [4.78, 5) is 11.4. The van der Waals surface area contributed by atoms with Crippen LogP contribution in [0.1, 0.15) is 25.7 Å². The number of carbonyl (C=O) groups excluding carboxylic acids is 1. The molecule has 0 spiro atoms. The Kier molecular flexibility index (Phi) is 6.29. The standard InChI is InChI=1S/C14H23NO5/c1-17-9-8-15-14(16)18-10-13-19-11-6-4-2-3-5-7-12(11)20-13/h2-3,11-13H,4-10H2,1H3,(H,15,16)/b3-2+. The highest BCUT2D eigenvalue weighted by molar-refractivity contribution is 5.67. The van der Waals surface area contributed by atoms with Crippen LogP contribution in [-0.2, 0) is 18.9 Å². The maximum Gasteiger partial charge on any atom is 0.407 e. The van der Waals surface area contributed by atoms with Crippen molar-refractivity contribution in [2.75, 3.05) is 26.9 Å². The molecule has 1 heterocycles. The largest absolute Gasteiger partial charge is 0.444 e. The molecule has 2 unspecified atom stereocenters. The molecule has 0 saturated carbocycles. The molecular formula is C14H23NO5. The average Bonchev–Trinajstić information content (AvgIpc) is 2.78. The highest BCUT2D eigenvalue weighted by Crippen LogP contribution is 2.28.